The standard InChI is InChI=1S/C22H20N4O3S/c1-3-28-17-6-4-5-16(11-17)23-21(27)18-12-20(29-26-18)19-13-30-22(25-19)24-15-9-7-14(2)8-10-15/h4-13H,3H2,1-2H3,(H,23,27)(H,24,25). The average Bonchev–Trinajstić information content (AvgIpc) is 3.40. The predicted molar refractivity (Wildman–Crippen MR) is 118 cm³/mol. The number of nitrogens with one attached hydrogen (secondary N) is 2. The van der Waals surface area contributed by atoms with Crippen LogP contribution in [-0.2, 0) is 0 Å². The molecule has 0 fully saturated rings. The number of carbonyl (C=O) groups is 1. The van der Waals surface area contributed by atoms with E-state index in [4.69, 9.17) is 9.26 Å². The fourth-order valence-electron chi connectivity index (χ4n) is 2.73. The topological polar surface area (TPSA) is 89.3 Å². The number of aryl methyl sites for hydroxylation is 1. The van der Waals surface area contributed by atoms with Gasteiger partial charge in [-0.2, -0.15) is 0 Å². The zero-order valence-corrected chi connectivity index (χ0v) is 17.3. The Labute approximate surface area is 177 Å². The van der Waals surface area contributed by atoms with E-state index in [0.29, 0.717) is 29.5 Å². The van der Waals surface area contributed by atoms with Crippen molar-refractivity contribution in [3.05, 3.63) is 71.2 Å². The van der Waals surface area contributed by atoms with Crippen LogP contribution in [-0.4, -0.2) is 22.7 Å². The Hall–Kier alpha value is -3.65. The first-order chi connectivity index (χ1) is 14.6. The molecule has 4 aromatic rings. The highest BCUT2D eigenvalue weighted by Crippen LogP contribution is 2.28. The molecule has 0 aliphatic rings. The van der Waals surface area contributed by atoms with E-state index in [2.05, 4.69) is 20.8 Å². The molecule has 2 N–H and O–H groups in total. The van der Waals surface area contributed by atoms with Gasteiger partial charge in [0, 0.05) is 28.9 Å². The summed E-state index contributed by atoms with van der Waals surface area (Å²) in [6, 6.07) is 16.8. The number of carbonyl (C=O) groups excluding carboxylic acids is 1. The van der Waals surface area contributed by atoms with Crippen molar-refractivity contribution in [3.63, 3.8) is 0 Å². The van der Waals surface area contributed by atoms with Gasteiger partial charge in [0.05, 0.1) is 6.61 Å². The van der Waals surface area contributed by atoms with Gasteiger partial charge in [0.1, 0.15) is 11.4 Å². The molecule has 0 spiro atoms. The lowest BCUT2D eigenvalue weighted by molar-refractivity contribution is 0.101. The lowest BCUT2D eigenvalue weighted by Gasteiger charge is -2.06. The second-order valence-electron chi connectivity index (χ2n) is 6.52. The Balaban J connectivity index is 1.43. The summed E-state index contributed by atoms with van der Waals surface area (Å²) >= 11 is 1.45. The fraction of sp³-hybridized carbons (Fsp3) is 0.136. The van der Waals surface area contributed by atoms with Crippen LogP contribution < -0.4 is 15.4 Å². The summed E-state index contributed by atoms with van der Waals surface area (Å²) < 4.78 is 10.8. The first-order valence-electron chi connectivity index (χ1n) is 9.41. The number of ether oxygens (including phenoxy) is 1. The first kappa shape index (κ1) is 19.7. The molecule has 0 bridgehead atoms. The summed E-state index contributed by atoms with van der Waals surface area (Å²) in [5.74, 6) is 0.746. The average molecular weight is 420 g/mol. The van der Waals surface area contributed by atoms with Crippen LogP contribution in [0, 0.1) is 6.92 Å². The highest BCUT2D eigenvalue weighted by Gasteiger charge is 2.16. The molecule has 2 aromatic heterocycles. The van der Waals surface area contributed by atoms with Gasteiger partial charge in [0.2, 0.25) is 0 Å². The monoisotopic (exact) mass is 420 g/mol. The quantitative estimate of drug-likeness (QED) is 0.410. The van der Waals surface area contributed by atoms with Crippen LogP contribution in [0.4, 0.5) is 16.5 Å². The Morgan fingerprint density at radius 2 is 1.97 bits per heavy atom. The number of rotatable bonds is 7. The maximum Gasteiger partial charge on any atom is 0.277 e. The number of thiazole rings is 1. The molecule has 152 valence electrons. The van der Waals surface area contributed by atoms with Gasteiger partial charge in [-0.15, -0.1) is 11.3 Å². The predicted octanol–water partition coefficient (Wildman–Crippen LogP) is 5.50. The Morgan fingerprint density at radius 3 is 2.77 bits per heavy atom. The maximum absolute atomic E-state index is 12.5. The van der Waals surface area contributed by atoms with Crippen molar-refractivity contribution in [2.45, 2.75) is 13.8 Å². The molecule has 0 aliphatic heterocycles. The highest BCUT2D eigenvalue weighted by molar-refractivity contribution is 7.14. The van der Waals surface area contributed by atoms with Crippen molar-refractivity contribution < 1.29 is 14.1 Å². The van der Waals surface area contributed by atoms with Gasteiger partial charge in [-0.3, -0.25) is 4.79 Å². The third-order valence-corrected chi connectivity index (χ3v) is 4.96. The minimum absolute atomic E-state index is 0.174. The van der Waals surface area contributed by atoms with Crippen LogP contribution in [0.3, 0.4) is 0 Å². The summed E-state index contributed by atoms with van der Waals surface area (Å²) in [6.07, 6.45) is 0. The summed E-state index contributed by atoms with van der Waals surface area (Å²) in [5.41, 5.74) is 3.55. The lowest BCUT2D eigenvalue weighted by Crippen LogP contribution is -2.12. The number of anilines is 3. The minimum Gasteiger partial charge on any atom is -0.494 e. The fourth-order valence-corrected chi connectivity index (χ4v) is 3.45. The zero-order chi connectivity index (χ0) is 20.9. The van der Waals surface area contributed by atoms with E-state index >= 15 is 0 Å². The summed E-state index contributed by atoms with van der Waals surface area (Å²) in [4.78, 5) is 17.0. The number of amides is 1. The number of hydrogen-bond acceptors (Lipinski definition) is 7. The van der Waals surface area contributed by atoms with Crippen molar-refractivity contribution >= 4 is 33.8 Å². The Bertz CT molecular complexity index is 1150. The SMILES string of the molecule is CCOc1cccc(NC(=O)c2cc(-c3csc(Nc4ccc(C)cc4)n3)on2)c1. The molecule has 0 radical (unpaired) electrons. The van der Waals surface area contributed by atoms with E-state index in [1.807, 2.05) is 55.6 Å². The van der Waals surface area contributed by atoms with Crippen molar-refractivity contribution in [2.75, 3.05) is 17.2 Å². The van der Waals surface area contributed by atoms with E-state index in [9.17, 15) is 4.79 Å². The normalized spacial score (nSPS) is 10.6. The Kier molecular flexibility index (Phi) is 5.76. The molecule has 2 aromatic carbocycles. The molecule has 2 heterocycles. The molecular weight excluding hydrogens is 400 g/mol. The first-order valence-corrected chi connectivity index (χ1v) is 10.3. The van der Waals surface area contributed by atoms with Crippen LogP contribution >= 0.6 is 11.3 Å². The van der Waals surface area contributed by atoms with E-state index in [1.165, 1.54) is 16.9 Å². The maximum atomic E-state index is 12.5. The van der Waals surface area contributed by atoms with Crippen molar-refractivity contribution in [1.29, 1.82) is 0 Å². The third-order valence-electron chi connectivity index (χ3n) is 4.21. The molecule has 0 aliphatic carbocycles. The highest BCUT2D eigenvalue weighted by atomic mass is 32.1. The van der Waals surface area contributed by atoms with E-state index in [0.717, 1.165) is 10.8 Å². The van der Waals surface area contributed by atoms with Crippen molar-refractivity contribution in [2.24, 2.45) is 0 Å². The van der Waals surface area contributed by atoms with Crippen LogP contribution in [0.25, 0.3) is 11.5 Å². The largest absolute Gasteiger partial charge is 0.494 e. The van der Waals surface area contributed by atoms with Crippen LogP contribution in [0.5, 0.6) is 5.75 Å². The molecule has 1 amide bonds. The molecule has 0 saturated carbocycles. The molecular formula is C22H20N4O3S. The smallest absolute Gasteiger partial charge is 0.277 e. The molecule has 4 rings (SSSR count). The van der Waals surface area contributed by atoms with Crippen LogP contribution in [0.1, 0.15) is 23.0 Å². The second-order valence-corrected chi connectivity index (χ2v) is 7.38. The van der Waals surface area contributed by atoms with E-state index in [1.54, 1.807) is 18.2 Å². The molecule has 0 atom stereocenters. The zero-order valence-electron chi connectivity index (χ0n) is 16.5. The van der Waals surface area contributed by atoms with Gasteiger partial charge in [-0.1, -0.05) is 28.9 Å². The molecule has 0 saturated heterocycles. The molecule has 0 unspecified atom stereocenters. The number of hydrogen-bond donors (Lipinski definition) is 2. The number of nitrogens with zero attached hydrogens (tertiary/aromatic N) is 2. The van der Waals surface area contributed by atoms with Gasteiger partial charge in [-0.05, 0) is 38.1 Å². The van der Waals surface area contributed by atoms with Gasteiger partial charge < -0.3 is 19.9 Å². The van der Waals surface area contributed by atoms with Crippen molar-refractivity contribution in [1.82, 2.24) is 10.1 Å². The Morgan fingerprint density at radius 1 is 1.13 bits per heavy atom. The van der Waals surface area contributed by atoms with E-state index < -0.39 is 0 Å². The van der Waals surface area contributed by atoms with Crippen LogP contribution in [0.15, 0.2) is 64.5 Å². The summed E-state index contributed by atoms with van der Waals surface area (Å²) in [6.45, 7) is 4.50. The molecule has 30 heavy (non-hydrogen) atoms. The van der Waals surface area contributed by atoms with Gasteiger partial charge >= 0.3 is 0 Å². The van der Waals surface area contributed by atoms with Crippen molar-refractivity contribution in [3.8, 4) is 17.2 Å². The summed E-state index contributed by atoms with van der Waals surface area (Å²) in [5, 5.41) is 12.5. The lowest BCUT2D eigenvalue weighted by atomic mass is 10.2. The third kappa shape index (κ3) is 4.66. The summed E-state index contributed by atoms with van der Waals surface area (Å²) in [7, 11) is 0. The van der Waals surface area contributed by atoms with Crippen LogP contribution in [0.2, 0.25) is 0 Å². The molecule has 8 heteroatoms. The number of aromatic nitrogens is 2. The van der Waals surface area contributed by atoms with Gasteiger partial charge in [0.25, 0.3) is 5.91 Å². The molecule has 7 nitrogen and oxygen atoms in total. The van der Waals surface area contributed by atoms with Gasteiger partial charge in [-0.25, -0.2) is 4.98 Å². The minimum atomic E-state index is -0.369. The van der Waals surface area contributed by atoms with E-state index in [-0.39, 0.29) is 11.6 Å². The second kappa shape index (κ2) is 8.79. The number of benzene rings is 2. The van der Waals surface area contributed by atoms with Gasteiger partial charge in [0.15, 0.2) is 16.6 Å².